The Bertz CT molecular complexity index is 440. The zero-order valence-corrected chi connectivity index (χ0v) is 9.00. The van der Waals surface area contributed by atoms with E-state index in [2.05, 4.69) is 4.51 Å². The van der Waals surface area contributed by atoms with Crippen LogP contribution in [0.3, 0.4) is 0 Å². The molecule has 0 radical (unpaired) electrons. The van der Waals surface area contributed by atoms with Gasteiger partial charge in [-0.05, 0) is 0 Å². The lowest BCUT2D eigenvalue weighted by Crippen LogP contribution is -2.29. The van der Waals surface area contributed by atoms with E-state index in [4.69, 9.17) is 33.9 Å². The highest BCUT2D eigenvalue weighted by atomic mass is 35.5. The second-order valence-corrected chi connectivity index (χ2v) is 3.42. The molecule has 0 aliphatic rings. The molecular formula is C10H5Cl2N3. The summed E-state index contributed by atoms with van der Waals surface area (Å²) in [6.07, 6.45) is 0. The summed E-state index contributed by atoms with van der Waals surface area (Å²) in [5.74, 6) is 0. The minimum Gasteiger partial charge on any atom is -0.195 e. The van der Waals surface area contributed by atoms with E-state index in [1.54, 1.807) is 42.5 Å². The first kappa shape index (κ1) is 11.5. The van der Waals surface area contributed by atoms with Crippen LogP contribution in [0.2, 0.25) is 0 Å². The Hall–Kier alpha value is -1.55. The fraction of sp³-hybridized carbons (Fsp3) is 0.100. The standard InChI is InChI=1S/C10H5Cl2N3/c11-10(6-13,7-14)9(15-12)8-4-2-1-3-5-8/h1-5H. The Morgan fingerprint density at radius 3 is 2.13 bits per heavy atom. The highest BCUT2D eigenvalue weighted by Crippen LogP contribution is 2.21. The number of nitrogens with zero attached hydrogens (tertiary/aromatic N) is 3. The van der Waals surface area contributed by atoms with Crippen LogP contribution in [0.4, 0.5) is 0 Å². The third kappa shape index (κ3) is 2.27. The first-order valence-electron chi connectivity index (χ1n) is 3.94. The number of rotatable bonds is 2. The Kier molecular flexibility index (Phi) is 3.68. The van der Waals surface area contributed by atoms with Crippen LogP contribution in [0.5, 0.6) is 0 Å². The van der Waals surface area contributed by atoms with E-state index < -0.39 is 4.87 Å². The first-order valence-corrected chi connectivity index (χ1v) is 4.66. The van der Waals surface area contributed by atoms with Gasteiger partial charge in [0.2, 0.25) is 0 Å². The van der Waals surface area contributed by atoms with Crippen molar-refractivity contribution < 1.29 is 0 Å². The van der Waals surface area contributed by atoms with Crippen LogP contribution in [-0.4, -0.2) is 10.6 Å². The van der Waals surface area contributed by atoms with Crippen molar-refractivity contribution in [2.24, 2.45) is 4.51 Å². The van der Waals surface area contributed by atoms with Gasteiger partial charge in [0, 0.05) is 17.3 Å². The molecule has 0 saturated heterocycles. The van der Waals surface area contributed by atoms with E-state index in [9.17, 15) is 0 Å². The van der Waals surface area contributed by atoms with Gasteiger partial charge in [-0.25, -0.2) is 0 Å². The van der Waals surface area contributed by atoms with Crippen LogP contribution < -0.4 is 0 Å². The molecule has 0 N–H and O–H groups in total. The zero-order chi connectivity index (χ0) is 11.3. The van der Waals surface area contributed by atoms with Crippen LogP contribution in [0.15, 0.2) is 34.8 Å². The molecule has 0 atom stereocenters. The molecule has 0 fully saturated rings. The van der Waals surface area contributed by atoms with E-state index in [0.717, 1.165) is 0 Å². The number of hydrogen-bond donors (Lipinski definition) is 0. The van der Waals surface area contributed by atoms with Gasteiger partial charge in [-0.3, -0.25) is 0 Å². The van der Waals surface area contributed by atoms with Crippen molar-refractivity contribution in [2.45, 2.75) is 4.87 Å². The molecule has 3 nitrogen and oxygen atoms in total. The lowest BCUT2D eigenvalue weighted by atomic mass is 9.98. The third-order valence-corrected chi connectivity index (χ3v) is 2.28. The maximum Gasteiger partial charge on any atom is 0.259 e. The largest absolute Gasteiger partial charge is 0.259 e. The molecule has 0 amide bonds. The summed E-state index contributed by atoms with van der Waals surface area (Å²) in [4.78, 5) is -1.84. The number of benzene rings is 1. The summed E-state index contributed by atoms with van der Waals surface area (Å²) in [5, 5.41) is 17.6. The van der Waals surface area contributed by atoms with Gasteiger partial charge in [0.15, 0.2) is 0 Å². The number of alkyl halides is 1. The Balaban J connectivity index is 3.26. The fourth-order valence-electron chi connectivity index (χ4n) is 1.03. The van der Waals surface area contributed by atoms with E-state index in [1.165, 1.54) is 0 Å². The molecule has 0 heterocycles. The van der Waals surface area contributed by atoms with E-state index in [-0.39, 0.29) is 5.71 Å². The quantitative estimate of drug-likeness (QED) is 0.587. The molecule has 74 valence electrons. The van der Waals surface area contributed by atoms with Gasteiger partial charge in [0.1, 0.15) is 17.9 Å². The average molecular weight is 238 g/mol. The smallest absolute Gasteiger partial charge is 0.195 e. The molecule has 0 aliphatic carbocycles. The lowest BCUT2D eigenvalue weighted by molar-refractivity contribution is 1.19. The second-order valence-electron chi connectivity index (χ2n) is 2.68. The van der Waals surface area contributed by atoms with Crippen molar-refractivity contribution in [1.29, 1.82) is 10.5 Å². The van der Waals surface area contributed by atoms with Gasteiger partial charge in [-0.1, -0.05) is 41.9 Å². The SMILES string of the molecule is N#CC(Cl)(C#N)C(=NCl)c1ccccc1. The molecule has 5 heteroatoms. The minimum absolute atomic E-state index is 0.0384. The van der Waals surface area contributed by atoms with Crippen LogP contribution in [0.25, 0.3) is 0 Å². The van der Waals surface area contributed by atoms with Crippen LogP contribution in [0.1, 0.15) is 5.56 Å². The highest BCUT2D eigenvalue weighted by Gasteiger charge is 2.35. The molecule has 0 spiro atoms. The predicted octanol–water partition coefficient (Wildman–Crippen LogP) is 2.65. The van der Waals surface area contributed by atoms with Crippen molar-refractivity contribution >= 4 is 29.1 Å². The topological polar surface area (TPSA) is 59.9 Å². The molecule has 0 aromatic heterocycles. The van der Waals surface area contributed by atoms with Gasteiger partial charge >= 0.3 is 0 Å². The van der Waals surface area contributed by atoms with Crippen molar-refractivity contribution in [3.8, 4) is 12.1 Å². The summed E-state index contributed by atoms with van der Waals surface area (Å²) in [5.41, 5.74) is 0.585. The number of hydrogen-bond acceptors (Lipinski definition) is 3. The van der Waals surface area contributed by atoms with Crippen LogP contribution in [-0.2, 0) is 0 Å². The second kappa shape index (κ2) is 4.79. The zero-order valence-electron chi connectivity index (χ0n) is 7.48. The molecule has 0 unspecified atom stereocenters. The monoisotopic (exact) mass is 237 g/mol. The van der Waals surface area contributed by atoms with Crippen molar-refractivity contribution in [3.63, 3.8) is 0 Å². The maximum absolute atomic E-state index is 8.80. The van der Waals surface area contributed by atoms with Gasteiger partial charge < -0.3 is 0 Å². The average Bonchev–Trinajstić information content (AvgIpc) is 2.31. The molecule has 0 bridgehead atoms. The van der Waals surface area contributed by atoms with E-state index in [0.29, 0.717) is 5.56 Å². The molecule has 15 heavy (non-hydrogen) atoms. The van der Waals surface area contributed by atoms with Crippen molar-refractivity contribution in [1.82, 2.24) is 0 Å². The molecule has 1 aromatic carbocycles. The minimum atomic E-state index is -1.84. The van der Waals surface area contributed by atoms with E-state index in [1.807, 2.05) is 0 Å². The Morgan fingerprint density at radius 2 is 1.73 bits per heavy atom. The molecule has 0 aliphatic heterocycles. The summed E-state index contributed by atoms with van der Waals surface area (Å²) in [6.45, 7) is 0. The Morgan fingerprint density at radius 1 is 1.20 bits per heavy atom. The Labute approximate surface area is 97.3 Å². The van der Waals surface area contributed by atoms with Crippen LogP contribution in [0, 0.1) is 22.7 Å². The summed E-state index contributed by atoms with van der Waals surface area (Å²) in [6, 6.07) is 12.0. The normalized spacial score (nSPS) is 11.6. The first-order chi connectivity index (χ1) is 7.18. The maximum atomic E-state index is 8.80. The van der Waals surface area contributed by atoms with Gasteiger partial charge in [-0.15, -0.1) is 0 Å². The van der Waals surface area contributed by atoms with Gasteiger partial charge in [-0.2, -0.15) is 15.0 Å². The van der Waals surface area contributed by atoms with Crippen molar-refractivity contribution in [3.05, 3.63) is 35.9 Å². The van der Waals surface area contributed by atoms with Crippen molar-refractivity contribution in [2.75, 3.05) is 0 Å². The highest BCUT2D eigenvalue weighted by molar-refractivity contribution is 6.45. The molecule has 1 rings (SSSR count). The van der Waals surface area contributed by atoms with Crippen LogP contribution >= 0.6 is 23.4 Å². The van der Waals surface area contributed by atoms with Gasteiger partial charge in [0.25, 0.3) is 4.87 Å². The molecule has 1 aromatic rings. The summed E-state index contributed by atoms with van der Waals surface area (Å²) >= 11 is 11.1. The van der Waals surface area contributed by atoms with Gasteiger partial charge in [0.05, 0.1) is 0 Å². The number of halogens is 2. The fourth-order valence-corrected chi connectivity index (χ4v) is 1.45. The van der Waals surface area contributed by atoms with E-state index >= 15 is 0 Å². The summed E-state index contributed by atoms with van der Waals surface area (Å²) < 4.78 is 3.38. The third-order valence-electron chi connectivity index (χ3n) is 1.77. The predicted molar refractivity (Wildman–Crippen MR) is 58.6 cm³/mol. The molecule has 0 saturated carbocycles. The lowest BCUT2D eigenvalue weighted by Gasteiger charge is -2.11. The number of nitriles is 2. The molecular weight excluding hydrogens is 233 g/mol. The summed E-state index contributed by atoms with van der Waals surface area (Å²) in [7, 11) is 0.